The number of benzene rings is 2. The summed E-state index contributed by atoms with van der Waals surface area (Å²) in [5, 5.41) is 0. The van der Waals surface area contributed by atoms with E-state index in [-0.39, 0.29) is 36.3 Å². The lowest BCUT2D eigenvalue weighted by Gasteiger charge is -2.31. The Balaban J connectivity index is 1.55. The zero-order valence-electron chi connectivity index (χ0n) is 20.1. The third kappa shape index (κ3) is 5.67. The Morgan fingerprint density at radius 3 is 2.61 bits per heavy atom. The third-order valence-corrected chi connectivity index (χ3v) is 6.48. The molecule has 1 saturated heterocycles. The molecule has 4 rings (SSSR count). The van der Waals surface area contributed by atoms with Crippen molar-refractivity contribution in [3.05, 3.63) is 59.4 Å². The number of halogens is 1. The Bertz CT molecular complexity index is 978. The summed E-state index contributed by atoms with van der Waals surface area (Å²) in [4.78, 5) is 17.4. The van der Waals surface area contributed by atoms with Gasteiger partial charge in [-0.3, -0.25) is 9.69 Å². The predicted octanol–water partition coefficient (Wildman–Crippen LogP) is 4.91. The first-order valence-corrected chi connectivity index (χ1v) is 11.9. The fraction of sp³-hybridized carbons (Fsp3) is 0.519. The Hall–Kier alpha value is -2.60. The summed E-state index contributed by atoms with van der Waals surface area (Å²) in [5.41, 5.74) is 2.17. The van der Waals surface area contributed by atoms with Gasteiger partial charge in [0.1, 0.15) is 5.82 Å². The molecule has 0 saturated carbocycles. The Morgan fingerprint density at radius 2 is 1.88 bits per heavy atom. The molecule has 6 heteroatoms. The number of carbonyl (C=O) groups excluding carboxylic acids is 1. The van der Waals surface area contributed by atoms with E-state index in [4.69, 9.17) is 9.47 Å². The quantitative estimate of drug-likeness (QED) is 0.568. The van der Waals surface area contributed by atoms with Crippen LogP contribution in [0.4, 0.5) is 4.39 Å². The van der Waals surface area contributed by atoms with Crippen LogP contribution in [0.15, 0.2) is 42.5 Å². The molecule has 5 nitrogen and oxygen atoms in total. The van der Waals surface area contributed by atoms with E-state index in [0.717, 1.165) is 48.8 Å². The molecule has 1 fully saturated rings. The molecular weight excluding hydrogens is 419 g/mol. The molecule has 0 bridgehead atoms. The van der Waals surface area contributed by atoms with Crippen LogP contribution in [0, 0.1) is 23.6 Å². The number of hydrogen-bond donors (Lipinski definition) is 0. The van der Waals surface area contributed by atoms with Crippen molar-refractivity contribution in [2.24, 2.45) is 17.8 Å². The summed E-state index contributed by atoms with van der Waals surface area (Å²) < 4.78 is 25.1. The van der Waals surface area contributed by atoms with E-state index in [1.807, 2.05) is 36.9 Å². The zero-order chi connectivity index (χ0) is 23.5. The SMILES string of the molecule is CC(C)CN(CC1CN(Cc2ccc3c(c2)OCO3)CC1c1cccc(F)c1)C(=O)C(C)C. The van der Waals surface area contributed by atoms with E-state index in [9.17, 15) is 9.18 Å². The van der Waals surface area contributed by atoms with Crippen LogP contribution in [-0.4, -0.2) is 48.7 Å². The van der Waals surface area contributed by atoms with Crippen LogP contribution >= 0.6 is 0 Å². The number of ether oxygens (including phenoxy) is 2. The van der Waals surface area contributed by atoms with E-state index in [1.54, 1.807) is 12.1 Å². The minimum Gasteiger partial charge on any atom is -0.454 e. The molecule has 0 aliphatic carbocycles. The van der Waals surface area contributed by atoms with Crippen molar-refractivity contribution in [2.75, 3.05) is 33.0 Å². The summed E-state index contributed by atoms with van der Waals surface area (Å²) >= 11 is 0. The van der Waals surface area contributed by atoms with Crippen molar-refractivity contribution in [3.63, 3.8) is 0 Å². The second-order valence-electron chi connectivity index (χ2n) is 10.1. The maximum atomic E-state index is 14.1. The number of carbonyl (C=O) groups is 1. The van der Waals surface area contributed by atoms with Crippen molar-refractivity contribution in [2.45, 2.75) is 40.2 Å². The second-order valence-corrected chi connectivity index (χ2v) is 10.1. The molecule has 2 aliphatic heterocycles. The highest BCUT2D eigenvalue weighted by Crippen LogP contribution is 2.37. The number of rotatable bonds is 8. The molecule has 2 atom stereocenters. The van der Waals surface area contributed by atoms with Crippen molar-refractivity contribution in [1.82, 2.24) is 9.80 Å². The van der Waals surface area contributed by atoms with Gasteiger partial charge in [0.2, 0.25) is 12.7 Å². The minimum atomic E-state index is -0.210. The Kier molecular flexibility index (Phi) is 7.23. The van der Waals surface area contributed by atoms with Crippen LogP contribution in [0.25, 0.3) is 0 Å². The van der Waals surface area contributed by atoms with Gasteiger partial charge in [-0.25, -0.2) is 4.39 Å². The largest absolute Gasteiger partial charge is 0.454 e. The highest BCUT2D eigenvalue weighted by molar-refractivity contribution is 5.78. The fourth-order valence-corrected chi connectivity index (χ4v) is 5.03. The first kappa shape index (κ1) is 23.6. The van der Waals surface area contributed by atoms with Gasteiger partial charge in [0.15, 0.2) is 11.5 Å². The van der Waals surface area contributed by atoms with Crippen molar-refractivity contribution < 1.29 is 18.7 Å². The monoisotopic (exact) mass is 454 g/mol. The third-order valence-electron chi connectivity index (χ3n) is 6.48. The molecule has 0 N–H and O–H groups in total. The molecule has 0 aromatic heterocycles. The standard InChI is InChI=1S/C27H35FN2O3/c1-18(2)12-30(27(31)19(3)4)15-22-14-29(16-24(22)21-6-5-7-23(28)11-21)13-20-8-9-25-26(10-20)33-17-32-25/h5-11,18-19,22,24H,12-17H2,1-4H3. The molecule has 0 radical (unpaired) electrons. The normalized spacial score (nSPS) is 20.1. The van der Waals surface area contributed by atoms with Crippen molar-refractivity contribution in [1.29, 1.82) is 0 Å². The Morgan fingerprint density at radius 1 is 1.09 bits per heavy atom. The zero-order valence-corrected chi connectivity index (χ0v) is 20.1. The first-order chi connectivity index (χ1) is 15.8. The number of fused-ring (bicyclic) bond motifs is 1. The lowest BCUT2D eigenvalue weighted by Crippen LogP contribution is -2.41. The van der Waals surface area contributed by atoms with Crippen LogP contribution in [0.3, 0.4) is 0 Å². The fourth-order valence-electron chi connectivity index (χ4n) is 5.03. The van der Waals surface area contributed by atoms with Crippen LogP contribution in [0.5, 0.6) is 11.5 Å². The number of amides is 1. The first-order valence-electron chi connectivity index (χ1n) is 11.9. The van der Waals surface area contributed by atoms with Gasteiger partial charge in [-0.05, 0) is 47.2 Å². The molecule has 2 heterocycles. The van der Waals surface area contributed by atoms with E-state index in [2.05, 4.69) is 24.8 Å². The van der Waals surface area contributed by atoms with Crippen LogP contribution in [0.1, 0.15) is 44.7 Å². The Labute approximate surface area is 196 Å². The van der Waals surface area contributed by atoms with Gasteiger partial charge in [0, 0.05) is 44.6 Å². The second kappa shape index (κ2) is 10.1. The van der Waals surface area contributed by atoms with Gasteiger partial charge in [-0.2, -0.15) is 0 Å². The van der Waals surface area contributed by atoms with Crippen LogP contribution in [0.2, 0.25) is 0 Å². The van der Waals surface area contributed by atoms with E-state index < -0.39 is 0 Å². The highest BCUT2D eigenvalue weighted by atomic mass is 19.1. The summed E-state index contributed by atoms with van der Waals surface area (Å²) in [6, 6.07) is 13.0. The molecule has 178 valence electrons. The molecule has 2 aliphatic rings. The van der Waals surface area contributed by atoms with E-state index >= 15 is 0 Å². The van der Waals surface area contributed by atoms with Crippen molar-refractivity contribution >= 4 is 5.91 Å². The van der Waals surface area contributed by atoms with Gasteiger partial charge in [0.05, 0.1) is 0 Å². The number of hydrogen-bond acceptors (Lipinski definition) is 4. The van der Waals surface area contributed by atoms with Gasteiger partial charge in [-0.15, -0.1) is 0 Å². The van der Waals surface area contributed by atoms with Crippen molar-refractivity contribution in [3.8, 4) is 11.5 Å². The molecule has 2 aromatic carbocycles. The van der Waals surface area contributed by atoms with Gasteiger partial charge in [0.25, 0.3) is 0 Å². The molecule has 2 aromatic rings. The average Bonchev–Trinajstić information content (AvgIpc) is 3.39. The molecule has 1 amide bonds. The smallest absolute Gasteiger partial charge is 0.231 e. The molecule has 33 heavy (non-hydrogen) atoms. The maximum absolute atomic E-state index is 14.1. The maximum Gasteiger partial charge on any atom is 0.231 e. The van der Waals surface area contributed by atoms with Crippen LogP contribution < -0.4 is 9.47 Å². The van der Waals surface area contributed by atoms with E-state index in [1.165, 1.54) is 6.07 Å². The molecular formula is C27H35FN2O3. The van der Waals surface area contributed by atoms with Crippen LogP contribution in [-0.2, 0) is 11.3 Å². The average molecular weight is 455 g/mol. The minimum absolute atomic E-state index is 0.0393. The topological polar surface area (TPSA) is 42.0 Å². The summed E-state index contributed by atoms with van der Waals surface area (Å²) in [6.45, 7) is 12.4. The summed E-state index contributed by atoms with van der Waals surface area (Å²) in [7, 11) is 0. The van der Waals surface area contributed by atoms with Gasteiger partial charge in [-0.1, -0.05) is 45.9 Å². The van der Waals surface area contributed by atoms with E-state index in [0.29, 0.717) is 12.5 Å². The van der Waals surface area contributed by atoms with Gasteiger partial charge < -0.3 is 14.4 Å². The predicted molar refractivity (Wildman–Crippen MR) is 127 cm³/mol. The summed E-state index contributed by atoms with van der Waals surface area (Å²) in [5.74, 6) is 2.32. The lowest BCUT2D eigenvalue weighted by molar-refractivity contribution is -0.135. The molecule has 0 spiro atoms. The number of nitrogens with zero attached hydrogens (tertiary/aromatic N) is 2. The molecule has 2 unspecified atom stereocenters. The highest BCUT2D eigenvalue weighted by Gasteiger charge is 2.36. The lowest BCUT2D eigenvalue weighted by atomic mass is 9.88. The summed E-state index contributed by atoms with van der Waals surface area (Å²) in [6.07, 6.45) is 0. The van der Waals surface area contributed by atoms with Gasteiger partial charge >= 0.3 is 0 Å². The number of likely N-dealkylation sites (tertiary alicyclic amines) is 1.